The summed E-state index contributed by atoms with van der Waals surface area (Å²) in [5, 5.41) is 2.82. The Kier molecular flexibility index (Phi) is 7.01. The molecule has 0 aliphatic rings. The largest absolute Gasteiger partial charge is 0.352 e. The molecule has 0 aliphatic carbocycles. The molecule has 0 bridgehead atoms. The lowest BCUT2D eigenvalue weighted by atomic mass is 10.1. The minimum Gasteiger partial charge on any atom is -0.352 e. The van der Waals surface area contributed by atoms with Crippen molar-refractivity contribution in [1.82, 2.24) is 14.5 Å². The van der Waals surface area contributed by atoms with Gasteiger partial charge in [-0.1, -0.05) is 36.4 Å². The Bertz CT molecular complexity index is 1130. The molecule has 30 heavy (non-hydrogen) atoms. The van der Waals surface area contributed by atoms with Gasteiger partial charge in [0.05, 0.1) is 0 Å². The quantitative estimate of drug-likeness (QED) is 0.586. The molecule has 1 amide bonds. The van der Waals surface area contributed by atoms with Gasteiger partial charge in [-0.2, -0.15) is 0 Å². The first-order chi connectivity index (χ1) is 14.5. The van der Waals surface area contributed by atoms with Crippen LogP contribution in [0.4, 0.5) is 0 Å². The van der Waals surface area contributed by atoms with Crippen LogP contribution in [0.2, 0.25) is 0 Å². The fourth-order valence-corrected chi connectivity index (χ4v) is 3.45. The molecule has 2 heterocycles. The second-order valence-electron chi connectivity index (χ2n) is 7.37. The van der Waals surface area contributed by atoms with Gasteiger partial charge in [0.15, 0.2) is 0 Å². The molecule has 0 spiro atoms. The maximum atomic E-state index is 12.9. The molecule has 6 nitrogen and oxygen atoms in total. The summed E-state index contributed by atoms with van der Waals surface area (Å²) in [6.07, 6.45) is 3.06. The minimum absolute atomic E-state index is 0.0541. The fraction of sp³-hybridized carbons (Fsp3) is 0.292. The molecule has 3 rings (SSSR count). The lowest BCUT2D eigenvalue weighted by Crippen LogP contribution is -2.35. The molecule has 1 N–H and O–H groups in total. The van der Waals surface area contributed by atoms with E-state index in [-0.39, 0.29) is 22.6 Å². The number of aryl methyl sites for hydroxylation is 4. The summed E-state index contributed by atoms with van der Waals surface area (Å²) in [6.45, 7) is 5.06. The topological polar surface area (TPSA) is 73.1 Å². The van der Waals surface area contributed by atoms with Gasteiger partial charge in [0.2, 0.25) is 0 Å². The van der Waals surface area contributed by atoms with Gasteiger partial charge >= 0.3 is 0 Å². The van der Waals surface area contributed by atoms with E-state index in [0.29, 0.717) is 31.6 Å². The Labute approximate surface area is 175 Å². The Balaban J connectivity index is 1.62. The van der Waals surface area contributed by atoms with Gasteiger partial charge in [-0.25, -0.2) is 0 Å². The number of carbonyl (C=O) groups excluding carboxylic acids is 1. The van der Waals surface area contributed by atoms with E-state index in [9.17, 15) is 14.4 Å². The predicted molar refractivity (Wildman–Crippen MR) is 118 cm³/mol. The zero-order valence-corrected chi connectivity index (χ0v) is 17.4. The van der Waals surface area contributed by atoms with Crippen molar-refractivity contribution in [2.45, 2.75) is 39.8 Å². The van der Waals surface area contributed by atoms with E-state index >= 15 is 0 Å². The smallest absolute Gasteiger partial charge is 0.263 e. The molecule has 0 atom stereocenters. The molecule has 0 fully saturated rings. The van der Waals surface area contributed by atoms with E-state index in [1.165, 1.54) is 6.07 Å². The number of hydrogen-bond acceptors (Lipinski definition) is 3. The van der Waals surface area contributed by atoms with Crippen LogP contribution in [0, 0.1) is 13.8 Å². The first-order valence-electron chi connectivity index (χ1n) is 10.2. The van der Waals surface area contributed by atoms with E-state index in [4.69, 9.17) is 0 Å². The van der Waals surface area contributed by atoms with Crippen molar-refractivity contribution < 1.29 is 4.79 Å². The number of hydrogen-bond donors (Lipinski definition) is 1. The molecule has 0 saturated carbocycles. The highest BCUT2D eigenvalue weighted by molar-refractivity contribution is 5.95. The molecule has 2 aromatic heterocycles. The number of benzene rings is 1. The Hall–Kier alpha value is -3.41. The molecular weight excluding hydrogens is 378 g/mol. The summed E-state index contributed by atoms with van der Waals surface area (Å²) in [7, 11) is 0. The van der Waals surface area contributed by atoms with Gasteiger partial charge in [-0.3, -0.25) is 14.4 Å². The molecule has 1 aromatic carbocycles. The van der Waals surface area contributed by atoms with E-state index in [2.05, 4.69) is 5.32 Å². The zero-order chi connectivity index (χ0) is 21.5. The van der Waals surface area contributed by atoms with Crippen molar-refractivity contribution in [2.24, 2.45) is 0 Å². The second-order valence-corrected chi connectivity index (χ2v) is 7.37. The number of pyridine rings is 2. The molecule has 0 unspecified atom stereocenters. The number of aromatic nitrogens is 2. The van der Waals surface area contributed by atoms with Crippen molar-refractivity contribution in [3.63, 3.8) is 0 Å². The van der Waals surface area contributed by atoms with Crippen molar-refractivity contribution in [1.29, 1.82) is 0 Å². The number of rotatable bonds is 8. The predicted octanol–water partition coefficient (Wildman–Crippen LogP) is 2.69. The van der Waals surface area contributed by atoms with E-state index < -0.39 is 0 Å². The maximum absolute atomic E-state index is 12.9. The van der Waals surface area contributed by atoms with Crippen LogP contribution in [0.15, 0.2) is 70.4 Å². The Morgan fingerprint density at radius 3 is 2.43 bits per heavy atom. The van der Waals surface area contributed by atoms with Crippen LogP contribution in [0.25, 0.3) is 0 Å². The first kappa shape index (κ1) is 21.3. The van der Waals surface area contributed by atoms with Crippen LogP contribution in [0.3, 0.4) is 0 Å². The highest BCUT2D eigenvalue weighted by Gasteiger charge is 2.15. The number of carbonyl (C=O) groups is 1. The molecule has 0 aliphatic heterocycles. The third-order valence-corrected chi connectivity index (χ3v) is 5.20. The highest BCUT2D eigenvalue weighted by Crippen LogP contribution is 2.05. The Morgan fingerprint density at radius 1 is 0.933 bits per heavy atom. The van der Waals surface area contributed by atoms with E-state index in [1.54, 1.807) is 34.4 Å². The summed E-state index contributed by atoms with van der Waals surface area (Å²) >= 11 is 0. The third kappa shape index (κ3) is 5.14. The van der Waals surface area contributed by atoms with E-state index in [1.807, 2.05) is 43.3 Å². The molecule has 0 saturated heterocycles. The molecule has 156 valence electrons. The summed E-state index contributed by atoms with van der Waals surface area (Å²) in [5.74, 6) is -0.372. The summed E-state index contributed by atoms with van der Waals surface area (Å²) in [4.78, 5) is 37.4. The average molecular weight is 405 g/mol. The molecular formula is C24H27N3O3. The van der Waals surface area contributed by atoms with Crippen molar-refractivity contribution in [3.05, 3.63) is 104 Å². The standard InChI is InChI=1S/C24H27N3O3/c1-18-12-16-26(17-13-20-9-4-3-5-10-20)24(30)22(18)23(29)25-14-7-15-27-19(2)8-6-11-21(27)28/h3-6,8-12,16H,7,13-15,17H2,1-2H3,(H,25,29). The van der Waals surface area contributed by atoms with Crippen molar-refractivity contribution in [3.8, 4) is 0 Å². The maximum Gasteiger partial charge on any atom is 0.263 e. The van der Waals surface area contributed by atoms with Gasteiger partial charge in [0, 0.05) is 37.6 Å². The van der Waals surface area contributed by atoms with Gasteiger partial charge in [0.25, 0.3) is 17.0 Å². The monoisotopic (exact) mass is 405 g/mol. The fourth-order valence-electron chi connectivity index (χ4n) is 3.45. The SMILES string of the molecule is Cc1ccn(CCc2ccccc2)c(=O)c1C(=O)NCCCn1c(C)cccc1=O. The van der Waals surface area contributed by atoms with Crippen LogP contribution in [0.5, 0.6) is 0 Å². The number of nitrogens with one attached hydrogen (secondary N) is 1. The highest BCUT2D eigenvalue weighted by atomic mass is 16.2. The van der Waals surface area contributed by atoms with Crippen molar-refractivity contribution >= 4 is 5.91 Å². The second kappa shape index (κ2) is 9.87. The third-order valence-electron chi connectivity index (χ3n) is 5.20. The number of amides is 1. The first-order valence-corrected chi connectivity index (χ1v) is 10.2. The summed E-state index contributed by atoms with van der Waals surface area (Å²) in [5.41, 5.74) is 2.53. The Morgan fingerprint density at radius 2 is 1.70 bits per heavy atom. The van der Waals surface area contributed by atoms with Crippen molar-refractivity contribution in [2.75, 3.05) is 6.54 Å². The minimum atomic E-state index is -0.372. The number of nitrogens with zero attached hydrogens (tertiary/aromatic N) is 2. The molecule has 6 heteroatoms. The summed E-state index contributed by atoms with van der Waals surface area (Å²) in [6, 6.07) is 16.9. The zero-order valence-electron chi connectivity index (χ0n) is 17.4. The molecule has 3 aromatic rings. The van der Waals surface area contributed by atoms with Crippen LogP contribution in [0.1, 0.15) is 33.6 Å². The van der Waals surface area contributed by atoms with Crippen LogP contribution in [-0.2, 0) is 19.5 Å². The molecule has 0 radical (unpaired) electrons. The van der Waals surface area contributed by atoms with Gasteiger partial charge < -0.3 is 14.5 Å². The van der Waals surface area contributed by atoms with Crippen LogP contribution < -0.4 is 16.4 Å². The average Bonchev–Trinajstić information content (AvgIpc) is 2.73. The normalized spacial score (nSPS) is 10.7. The van der Waals surface area contributed by atoms with Gasteiger partial charge in [-0.05, 0) is 49.9 Å². The lowest BCUT2D eigenvalue weighted by Gasteiger charge is -2.12. The van der Waals surface area contributed by atoms with Crippen LogP contribution in [-0.4, -0.2) is 21.6 Å². The van der Waals surface area contributed by atoms with Crippen LogP contribution >= 0.6 is 0 Å². The summed E-state index contributed by atoms with van der Waals surface area (Å²) < 4.78 is 3.26. The van der Waals surface area contributed by atoms with Gasteiger partial charge in [-0.15, -0.1) is 0 Å². The van der Waals surface area contributed by atoms with Gasteiger partial charge in [0.1, 0.15) is 5.56 Å². The van der Waals surface area contributed by atoms with E-state index in [0.717, 1.165) is 17.7 Å². The lowest BCUT2D eigenvalue weighted by molar-refractivity contribution is 0.0950.